The molecule has 0 aliphatic heterocycles. The van der Waals surface area contributed by atoms with Gasteiger partial charge in [0.1, 0.15) is 5.82 Å². The number of hydrazine groups is 1. The first-order valence-electron chi connectivity index (χ1n) is 5.33. The zero-order valence-corrected chi connectivity index (χ0v) is 9.86. The van der Waals surface area contributed by atoms with E-state index in [1.165, 1.54) is 5.56 Å². The molecule has 0 spiro atoms. The number of nitrogen functional groups attached to an aromatic ring is 1. The lowest BCUT2D eigenvalue weighted by molar-refractivity contribution is 1.07. The Balaban J connectivity index is 2.26. The molecule has 0 amide bonds. The summed E-state index contributed by atoms with van der Waals surface area (Å²) in [6.45, 7) is 3.94. The number of anilines is 3. The molecule has 2 aromatic rings. The maximum absolute atomic E-state index is 5.30. The van der Waals surface area contributed by atoms with Crippen LogP contribution in [0.5, 0.6) is 0 Å². The minimum Gasteiger partial charge on any atom is -0.340 e. The van der Waals surface area contributed by atoms with Gasteiger partial charge in [-0.1, -0.05) is 12.1 Å². The van der Waals surface area contributed by atoms with E-state index in [1.807, 2.05) is 44.2 Å². The normalized spacial score (nSPS) is 10.1. The van der Waals surface area contributed by atoms with E-state index >= 15 is 0 Å². The van der Waals surface area contributed by atoms with E-state index in [1.54, 1.807) is 0 Å². The second-order valence-electron chi connectivity index (χ2n) is 3.86. The van der Waals surface area contributed by atoms with E-state index in [4.69, 9.17) is 5.84 Å². The van der Waals surface area contributed by atoms with Crippen molar-refractivity contribution >= 4 is 17.5 Å². The van der Waals surface area contributed by atoms with Crippen molar-refractivity contribution in [1.29, 1.82) is 0 Å². The predicted molar refractivity (Wildman–Crippen MR) is 69.0 cm³/mol. The SMILES string of the molecule is Cc1cccc(Nc2cc(C)nc(NN)n2)c1. The lowest BCUT2D eigenvalue weighted by Crippen LogP contribution is -2.11. The van der Waals surface area contributed by atoms with Gasteiger partial charge in [0.2, 0.25) is 5.95 Å². The van der Waals surface area contributed by atoms with Crippen molar-refractivity contribution in [3.05, 3.63) is 41.6 Å². The fourth-order valence-electron chi connectivity index (χ4n) is 1.57. The number of hydrogen-bond donors (Lipinski definition) is 3. The van der Waals surface area contributed by atoms with E-state index < -0.39 is 0 Å². The van der Waals surface area contributed by atoms with E-state index in [0.717, 1.165) is 17.2 Å². The average Bonchev–Trinajstić information content (AvgIpc) is 2.28. The molecule has 0 saturated heterocycles. The van der Waals surface area contributed by atoms with Crippen molar-refractivity contribution in [3.8, 4) is 0 Å². The second-order valence-corrected chi connectivity index (χ2v) is 3.86. The van der Waals surface area contributed by atoms with E-state index in [0.29, 0.717) is 5.95 Å². The summed E-state index contributed by atoms with van der Waals surface area (Å²) in [4.78, 5) is 8.34. The monoisotopic (exact) mass is 229 g/mol. The molecule has 88 valence electrons. The number of nitrogens with one attached hydrogen (secondary N) is 2. The third-order valence-electron chi connectivity index (χ3n) is 2.27. The highest BCUT2D eigenvalue weighted by Crippen LogP contribution is 2.17. The lowest BCUT2D eigenvalue weighted by atomic mass is 10.2. The highest BCUT2D eigenvalue weighted by molar-refractivity contribution is 5.58. The summed E-state index contributed by atoms with van der Waals surface area (Å²) in [6, 6.07) is 9.94. The van der Waals surface area contributed by atoms with Gasteiger partial charge in [0.15, 0.2) is 0 Å². The molecule has 5 nitrogen and oxygen atoms in total. The van der Waals surface area contributed by atoms with Crippen LogP contribution in [0.4, 0.5) is 17.5 Å². The number of aromatic nitrogens is 2. The molecule has 0 unspecified atom stereocenters. The molecular formula is C12H15N5. The molecule has 0 aliphatic carbocycles. The van der Waals surface area contributed by atoms with Gasteiger partial charge in [-0.15, -0.1) is 0 Å². The Bertz CT molecular complexity index is 524. The zero-order chi connectivity index (χ0) is 12.3. The van der Waals surface area contributed by atoms with Crippen LogP contribution in [0.25, 0.3) is 0 Å². The molecule has 0 saturated carbocycles. The van der Waals surface area contributed by atoms with Crippen LogP contribution < -0.4 is 16.6 Å². The Kier molecular flexibility index (Phi) is 3.20. The van der Waals surface area contributed by atoms with Crippen LogP contribution in [0.2, 0.25) is 0 Å². The Morgan fingerprint density at radius 1 is 1.12 bits per heavy atom. The van der Waals surface area contributed by atoms with Crippen molar-refractivity contribution in [2.75, 3.05) is 10.7 Å². The molecule has 0 aliphatic rings. The minimum atomic E-state index is 0.403. The maximum Gasteiger partial charge on any atom is 0.239 e. The summed E-state index contributed by atoms with van der Waals surface area (Å²) >= 11 is 0. The van der Waals surface area contributed by atoms with Gasteiger partial charge in [0.05, 0.1) is 0 Å². The molecule has 0 atom stereocenters. The fraction of sp³-hybridized carbons (Fsp3) is 0.167. The summed E-state index contributed by atoms with van der Waals surface area (Å²) in [6.07, 6.45) is 0. The quantitative estimate of drug-likeness (QED) is 0.555. The number of benzene rings is 1. The van der Waals surface area contributed by atoms with Gasteiger partial charge in [-0.25, -0.2) is 10.8 Å². The average molecular weight is 229 g/mol. The molecule has 5 heteroatoms. The Morgan fingerprint density at radius 2 is 1.94 bits per heavy atom. The first-order valence-corrected chi connectivity index (χ1v) is 5.33. The number of nitrogens with two attached hydrogens (primary N) is 1. The molecule has 17 heavy (non-hydrogen) atoms. The van der Waals surface area contributed by atoms with Gasteiger partial charge < -0.3 is 5.32 Å². The van der Waals surface area contributed by atoms with Gasteiger partial charge in [-0.3, -0.25) is 5.43 Å². The highest BCUT2D eigenvalue weighted by Gasteiger charge is 2.01. The molecule has 0 radical (unpaired) electrons. The molecule has 1 aromatic carbocycles. The van der Waals surface area contributed by atoms with Gasteiger partial charge in [-0.05, 0) is 31.5 Å². The van der Waals surface area contributed by atoms with Crippen LogP contribution in [0.15, 0.2) is 30.3 Å². The summed E-state index contributed by atoms with van der Waals surface area (Å²) in [5.74, 6) is 6.42. The fourth-order valence-corrected chi connectivity index (χ4v) is 1.57. The number of aryl methyl sites for hydroxylation is 2. The first-order chi connectivity index (χ1) is 8.17. The van der Waals surface area contributed by atoms with Crippen molar-refractivity contribution < 1.29 is 0 Å². The molecule has 4 N–H and O–H groups in total. The highest BCUT2D eigenvalue weighted by atomic mass is 15.3. The van der Waals surface area contributed by atoms with Crippen LogP contribution in [0.1, 0.15) is 11.3 Å². The number of rotatable bonds is 3. The third-order valence-corrected chi connectivity index (χ3v) is 2.27. The van der Waals surface area contributed by atoms with Crippen molar-refractivity contribution in [3.63, 3.8) is 0 Å². The Labute approximate surface area is 100 Å². The van der Waals surface area contributed by atoms with Crippen LogP contribution in [-0.2, 0) is 0 Å². The van der Waals surface area contributed by atoms with Gasteiger partial charge >= 0.3 is 0 Å². The van der Waals surface area contributed by atoms with E-state index in [9.17, 15) is 0 Å². The van der Waals surface area contributed by atoms with Crippen molar-refractivity contribution in [2.45, 2.75) is 13.8 Å². The lowest BCUT2D eigenvalue weighted by Gasteiger charge is -2.08. The Morgan fingerprint density at radius 3 is 2.65 bits per heavy atom. The van der Waals surface area contributed by atoms with Gasteiger partial charge in [0.25, 0.3) is 0 Å². The molecular weight excluding hydrogens is 214 g/mol. The maximum atomic E-state index is 5.30. The second kappa shape index (κ2) is 4.80. The van der Waals surface area contributed by atoms with Crippen LogP contribution >= 0.6 is 0 Å². The Hall–Kier alpha value is -2.14. The number of hydrogen-bond acceptors (Lipinski definition) is 5. The summed E-state index contributed by atoms with van der Waals surface area (Å²) < 4.78 is 0. The molecule has 0 fully saturated rings. The molecule has 1 aromatic heterocycles. The van der Waals surface area contributed by atoms with Crippen molar-refractivity contribution in [2.24, 2.45) is 5.84 Å². The topological polar surface area (TPSA) is 75.9 Å². The van der Waals surface area contributed by atoms with E-state index in [-0.39, 0.29) is 0 Å². The predicted octanol–water partition coefficient (Wildman–Crippen LogP) is 2.12. The molecule has 0 bridgehead atoms. The summed E-state index contributed by atoms with van der Waals surface area (Å²) in [5.41, 5.74) is 5.48. The molecule has 2 rings (SSSR count). The standard InChI is InChI=1S/C12H15N5/c1-8-4-3-5-10(6-8)15-11-7-9(2)14-12(16-11)17-13/h3-7H,13H2,1-2H3,(H2,14,15,16,17). The summed E-state index contributed by atoms with van der Waals surface area (Å²) in [7, 11) is 0. The largest absolute Gasteiger partial charge is 0.340 e. The van der Waals surface area contributed by atoms with Crippen LogP contribution in [0.3, 0.4) is 0 Å². The number of nitrogens with zero attached hydrogens (tertiary/aromatic N) is 2. The first kappa shape index (κ1) is 11.3. The zero-order valence-electron chi connectivity index (χ0n) is 9.86. The van der Waals surface area contributed by atoms with Crippen LogP contribution in [0, 0.1) is 13.8 Å². The van der Waals surface area contributed by atoms with Gasteiger partial charge in [-0.2, -0.15) is 4.98 Å². The molecule has 1 heterocycles. The third kappa shape index (κ3) is 2.92. The smallest absolute Gasteiger partial charge is 0.239 e. The van der Waals surface area contributed by atoms with Gasteiger partial charge in [0, 0.05) is 17.4 Å². The summed E-state index contributed by atoms with van der Waals surface area (Å²) in [5, 5.41) is 3.21. The van der Waals surface area contributed by atoms with E-state index in [2.05, 4.69) is 20.7 Å². The minimum absolute atomic E-state index is 0.403. The van der Waals surface area contributed by atoms with Crippen LogP contribution in [-0.4, -0.2) is 9.97 Å². The van der Waals surface area contributed by atoms with Crippen molar-refractivity contribution in [1.82, 2.24) is 9.97 Å².